The molecule has 2 aromatic carbocycles. The summed E-state index contributed by atoms with van der Waals surface area (Å²) in [4.78, 5) is 16.6. The van der Waals surface area contributed by atoms with Gasteiger partial charge >= 0.3 is 20.4 Å². The van der Waals surface area contributed by atoms with Gasteiger partial charge in [-0.15, -0.1) is 0 Å². The second-order valence-electron chi connectivity index (χ2n) is 5.80. The Hall–Kier alpha value is -2.64. The molecule has 0 saturated heterocycles. The fourth-order valence-electron chi connectivity index (χ4n) is 2.15. The summed E-state index contributed by atoms with van der Waals surface area (Å²) in [7, 11) is 0. The van der Waals surface area contributed by atoms with Crippen LogP contribution in [-0.4, -0.2) is 16.3 Å². The first-order valence-corrected chi connectivity index (χ1v) is 9.59. The van der Waals surface area contributed by atoms with E-state index >= 15 is 0 Å². The molecule has 0 amide bonds. The molecule has 0 spiro atoms. The number of rotatable bonds is 4. The van der Waals surface area contributed by atoms with Gasteiger partial charge in [-0.25, -0.2) is 0 Å². The molecule has 2 N–H and O–H groups in total. The van der Waals surface area contributed by atoms with Gasteiger partial charge in [-0.2, -0.15) is 0 Å². The van der Waals surface area contributed by atoms with Crippen molar-refractivity contribution in [3.63, 3.8) is 0 Å². The van der Waals surface area contributed by atoms with Crippen LogP contribution in [0.3, 0.4) is 0 Å². The van der Waals surface area contributed by atoms with E-state index < -0.39 is 5.09 Å². The maximum absolute atomic E-state index is 11.6. The second-order valence-corrected chi connectivity index (χ2v) is 6.71. The molecule has 31 heavy (non-hydrogen) atoms. The van der Waals surface area contributed by atoms with Crippen LogP contribution in [-0.2, 0) is 27.0 Å². The van der Waals surface area contributed by atoms with Crippen LogP contribution in [0.1, 0.15) is 29.8 Å². The van der Waals surface area contributed by atoms with Crippen LogP contribution >= 0.6 is 15.9 Å². The van der Waals surface area contributed by atoms with E-state index in [0.29, 0.717) is 12.1 Å². The van der Waals surface area contributed by atoms with Gasteiger partial charge < -0.3 is 26.2 Å². The first-order valence-electron chi connectivity index (χ1n) is 8.79. The fraction of sp³-hybridized carbons (Fsp3) is 0.143. The van der Waals surface area contributed by atoms with Gasteiger partial charge in [0, 0.05) is 23.4 Å². The number of hydrogen-bond donors (Lipinski definition) is 1. The summed E-state index contributed by atoms with van der Waals surface area (Å²) in [5.74, 6) is -0.0118. The van der Waals surface area contributed by atoms with Gasteiger partial charge in [0.1, 0.15) is 0 Å². The van der Waals surface area contributed by atoms with Gasteiger partial charge in [0.2, 0.25) is 0 Å². The van der Waals surface area contributed by atoms with Crippen LogP contribution < -0.4 is 10.8 Å². The number of hydrogen-bond acceptors (Lipinski definition) is 7. The van der Waals surface area contributed by atoms with Gasteiger partial charge in [0.25, 0.3) is 0 Å². The van der Waals surface area contributed by atoms with E-state index in [1.54, 1.807) is 30.6 Å². The first kappa shape index (κ1) is 28.4. The normalized spacial score (nSPS) is 10.5. The molecule has 0 fully saturated rings. The summed E-state index contributed by atoms with van der Waals surface area (Å²) < 4.78 is 0.885. The fourth-order valence-corrected chi connectivity index (χ4v) is 2.53. The number of benzene rings is 2. The standard InChI is InChI=1S/C15H14BrNO.C6H8N2.NO3.Pd/c1-11(12-5-3-2-4-6-12)17-10-13-9-14(16)7-8-15(13)18;7-5-6-3-1-2-4-8-6;2-1(3)4;/h2-11,18H,1H3;1-4H,5,7H2;;/q;;-1;+2/p-1/t11-;;;/m1.../s1. The Morgan fingerprint density at radius 2 is 1.74 bits per heavy atom. The predicted molar refractivity (Wildman–Crippen MR) is 119 cm³/mol. The first-order chi connectivity index (χ1) is 14.3. The van der Waals surface area contributed by atoms with Crippen molar-refractivity contribution in [2.45, 2.75) is 19.5 Å². The average molecular weight is 580 g/mol. The molecule has 1 heterocycles. The monoisotopic (exact) mass is 578 g/mol. The van der Waals surface area contributed by atoms with Crippen molar-refractivity contribution in [3.8, 4) is 5.75 Å². The molecule has 0 aliphatic rings. The van der Waals surface area contributed by atoms with E-state index in [4.69, 9.17) is 21.1 Å². The maximum Gasteiger partial charge on any atom is 2.00 e. The Balaban J connectivity index is 0.000000576. The Morgan fingerprint density at radius 3 is 2.26 bits per heavy atom. The summed E-state index contributed by atoms with van der Waals surface area (Å²) in [5, 5.41) is 26.4. The van der Waals surface area contributed by atoms with E-state index in [9.17, 15) is 5.11 Å². The van der Waals surface area contributed by atoms with Crippen LogP contribution in [0.4, 0.5) is 0 Å². The van der Waals surface area contributed by atoms with Gasteiger partial charge in [-0.05, 0) is 42.3 Å². The quantitative estimate of drug-likeness (QED) is 0.214. The Bertz CT molecular complexity index is 927. The number of pyridine rings is 1. The van der Waals surface area contributed by atoms with Crippen molar-refractivity contribution >= 4 is 22.1 Å². The topological polar surface area (TPSA) is 141 Å². The van der Waals surface area contributed by atoms with Gasteiger partial charge in [0.05, 0.1) is 16.8 Å². The molecule has 1 aromatic heterocycles. The van der Waals surface area contributed by atoms with E-state index in [1.165, 1.54) is 0 Å². The molecule has 10 heteroatoms. The van der Waals surface area contributed by atoms with Gasteiger partial charge in [0.15, 0.2) is 0 Å². The summed E-state index contributed by atoms with van der Waals surface area (Å²) in [6, 6.07) is 20.8. The van der Waals surface area contributed by atoms with Crippen LogP contribution in [0.25, 0.3) is 0 Å². The minimum Gasteiger partial charge on any atom is -0.872 e. The molecule has 0 bridgehead atoms. The summed E-state index contributed by atoms with van der Waals surface area (Å²) >= 11 is 3.35. The largest absolute Gasteiger partial charge is 2.00 e. The van der Waals surface area contributed by atoms with Crippen molar-refractivity contribution in [2.24, 2.45) is 10.7 Å². The van der Waals surface area contributed by atoms with Crippen LogP contribution in [0.5, 0.6) is 5.75 Å². The van der Waals surface area contributed by atoms with Gasteiger partial charge in [-0.1, -0.05) is 64.1 Å². The minimum absolute atomic E-state index is 0. The second kappa shape index (κ2) is 16.1. The molecule has 3 rings (SSSR count). The minimum atomic E-state index is -1.75. The van der Waals surface area contributed by atoms with Crippen molar-refractivity contribution in [3.05, 3.63) is 110 Å². The summed E-state index contributed by atoms with van der Waals surface area (Å²) in [6.45, 7) is 2.54. The molecular formula is C21H21BrN4O4Pd. The number of aromatic nitrogens is 1. The molecule has 0 aliphatic heterocycles. The zero-order chi connectivity index (χ0) is 22.4. The van der Waals surface area contributed by atoms with E-state index in [0.717, 1.165) is 15.7 Å². The zero-order valence-electron chi connectivity index (χ0n) is 16.5. The SMILES string of the molecule is C[C@@H](N=Cc1cc(Br)ccc1[O-])c1ccccc1.NCc1ccccn1.O=[N+]([O-])[O-].[Pd+2]. The van der Waals surface area contributed by atoms with Crippen LogP contribution in [0, 0.1) is 15.3 Å². The maximum atomic E-state index is 11.6. The number of halogens is 1. The number of nitrogens with zero attached hydrogens (tertiary/aromatic N) is 3. The molecular weight excluding hydrogens is 559 g/mol. The molecule has 8 nitrogen and oxygen atoms in total. The molecule has 0 aliphatic carbocycles. The van der Waals surface area contributed by atoms with Crippen molar-refractivity contribution in [1.82, 2.24) is 4.98 Å². The third-order valence-corrected chi connectivity index (χ3v) is 4.12. The molecule has 0 unspecified atom stereocenters. The predicted octanol–water partition coefficient (Wildman–Crippen LogP) is 4.00. The van der Waals surface area contributed by atoms with E-state index in [2.05, 4.69) is 25.9 Å². The molecule has 1 atom stereocenters. The summed E-state index contributed by atoms with van der Waals surface area (Å²) in [5.41, 5.74) is 7.96. The molecule has 0 radical (unpaired) electrons. The van der Waals surface area contributed by atoms with Crippen LogP contribution in [0.15, 0.2) is 82.4 Å². The van der Waals surface area contributed by atoms with E-state index in [-0.39, 0.29) is 32.2 Å². The Kier molecular flexibility index (Phi) is 14.7. The zero-order valence-corrected chi connectivity index (χ0v) is 19.7. The number of aliphatic imine (C=N–C) groups is 1. The molecule has 3 aromatic rings. The third kappa shape index (κ3) is 12.6. The van der Waals surface area contributed by atoms with Crippen LogP contribution in [0.2, 0.25) is 0 Å². The summed E-state index contributed by atoms with van der Waals surface area (Å²) in [6.07, 6.45) is 3.38. The smallest absolute Gasteiger partial charge is 0.872 e. The van der Waals surface area contributed by atoms with Crippen molar-refractivity contribution < 1.29 is 30.6 Å². The van der Waals surface area contributed by atoms with Crippen molar-refractivity contribution in [1.29, 1.82) is 0 Å². The van der Waals surface area contributed by atoms with E-state index in [1.807, 2.05) is 55.5 Å². The molecule has 166 valence electrons. The molecule has 0 saturated carbocycles. The number of nitrogens with two attached hydrogens (primary N) is 1. The Morgan fingerprint density at radius 1 is 1.13 bits per heavy atom. The Labute approximate surface area is 202 Å². The van der Waals surface area contributed by atoms with Crippen molar-refractivity contribution in [2.75, 3.05) is 0 Å². The third-order valence-electron chi connectivity index (χ3n) is 3.63. The average Bonchev–Trinajstić information content (AvgIpc) is 2.75. The van der Waals surface area contributed by atoms with Gasteiger partial charge in [-0.3, -0.25) is 9.98 Å².